The van der Waals surface area contributed by atoms with Gasteiger partial charge in [0.15, 0.2) is 0 Å². The number of hydrogen-bond donors (Lipinski definition) is 0. The number of imidazole rings is 1. The van der Waals surface area contributed by atoms with E-state index in [1.165, 1.54) is 0 Å². The van der Waals surface area contributed by atoms with Crippen LogP contribution in [0.25, 0.3) is 17.1 Å². The molecule has 3 aromatic carbocycles. The number of nitriles is 1. The van der Waals surface area contributed by atoms with Crippen molar-refractivity contribution in [1.82, 2.24) is 9.55 Å². The molecule has 4 rings (SSSR count). The molecule has 0 saturated carbocycles. The van der Waals surface area contributed by atoms with Crippen LogP contribution in [0.2, 0.25) is 0 Å². The second-order valence-electron chi connectivity index (χ2n) is 6.73. The van der Waals surface area contributed by atoms with Crippen molar-refractivity contribution in [3.63, 3.8) is 0 Å². The first-order valence-electron chi connectivity index (χ1n) is 9.30. The van der Waals surface area contributed by atoms with Crippen molar-refractivity contribution in [2.24, 2.45) is 0 Å². The van der Waals surface area contributed by atoms with Gasteiger partial charge in [0.25, 0.3) is 0 Å². The number of hydrogen-bond acceptors (Lipinski definition) is 3. The molecule has 0 aliphatic carbocycles. The van der Waals surface area contributed by atoms with Gasteiger partial charge >= 0.3 is 0 Å². The SMILES string of the molecule is N#C/C(=C/c1cc(Br)c(OCc2ccccc2)c(Br)c1)Cn1cnc2ccccc21. The normalized spacial score (nSPS) is 11.4. The monoisotopic (exact) mass is 521 g/mol. The molecule has 1 aromatic heterocycles. The van der Waals surface area contributed by atoms with Crippen LogP contribution in [0.1, 0.15) is 11.1 Å². The Morgan fingerprint density at radius 2 is 1.73 bits per heavy atom. The Morgan fingerprint density at radius 1 is 1.03 bits per heavy atom. The van der Waals surface area contributed by atoms with Crippen molar-refractivity contribution < 1.29 is 4.74 Å². The average molecular weight is 523 g/mol. The van der Waals surface area contributed by atoms with Crippen molar-refractivity contribution in [3.8, 4) is 11.8 Å². The van der Waals surface area contributed by atoms with Crippen LogP contribution >= 0.6 is 31.9 Å². The molecule has 1 heterocycles. The molecular weight excluding hydrogens is 506 g/mol. The molecule has 0 saturated heterocycles. The zero-order chi connectivity index (χ0) is 20.9. The Bertz CT molecular complexity index is 1230. The summed E-state index contributed by atoms with van der Waals surface area (Å²) < 4.78 is 9.61. The lowest BCUT2D eigenvalue weighted by Crippen LogP contribution is -1.99. The number of rotatable bonds is 6. The summed E-state index contributed by atoms with van der Waals surface area (Å²) in [6, 6.07) is 24.1. The molecule has 30 heavy (non-hydrogen) atoms. The summed E-state index contributed by atoms with van der Waals surface area (Å²) in [5.74, 6) is 0.732. The number of nitrogens with zero attached hydrogens (tertiary/aromatic N) is 3. The van der Waals surface area contributed by atoms with Gasteiger partial charge in [-0.15, -0.1) is 0 Å². The van der Waals surface area contributed by atoms with E-state index in [0.29, 0.717) is 18.7 Å². The van der Waals surface area contributed by atoms with Crippen molar-refractivity contribution in [1.29, 1.82) is 5.26 Å². The first-order chi connectivity index (χ1) is 14.6. The lowest BCUT2D eigenvalue weighted by Gasteiger charge is -2.12. The molecule has 0 unspecified atom stereocenters. The highest BCUT2D eigenvalue weighted by Crippen LogP contribution is 2.36. The van der Waals surface area contributed by atoms with E-state index in [2.05, 4.69) is 42.9 Å². The molecule has 6 heteroatoms. The third kappa shape index (κ3) is 4.64. The largest absolute Gasteiger partial charge is 0.487 e. The Balaban J connectivity index is 1.55. The quantitative estimate of drug-likeness (QED) is 0.263. The van der Waals surface area contributed by atoms with Gasteiger partial charge in [-0.05, 0) is 73.3 Å². The molecular formula is C24H17Br2N3O. The maximum atomic E-state index is 9.66. The first kappa shape index (κ1) is 20.4. The molecule has 4 aromatic rings. The van der Waals surface area contributed by atoms with E-state index < -0.39 is 0 Å². The van der Waals surface area contributed by atoms with Gasteiger partial charge in [-0.1, -0.05) is 42.5 Å². The molecule has 0 radical (unpaired) electrons. The van der Waals surface area contributed by atoms with Crippen LogP contribution in [-0.4, -0.2) is 9.55 Å². The molecule has 0 bridgehead atoms. The van der Waals surface area contributed by atoms with Crippen molar-refractivity contribution in [2.45, 2.75) is 13.2 Å². The van der Waals surface area contributed by atoms with Gasteiger partial charge in [-0.2, -0.15) is 5.26 Å². The molecule has 0 aliphatic rings. The third-order valence-corrected chi connectivity index (χ3v) is 5.78. The van der Waals surface area contributed by atoms with E-state index in [1.807, 2.05) is 77.4 Å². The van der Waals surface area contributed by atoms with Crippen molar-refractivity contribution in [2.75, 3.05) is 0 Å². The zero-order valence-electron chi connectivity index (χ0n) is 15.9. The number of halogens is 2. The Morgan fingerprint density at radius 3 is 2.47 bits per heavy atom. The molecule has 148 valence electrons. The number of fused-ring (bicyclic) bond motifs is 1. The highest BCUT2D eigenvalue weighted by molar-refractivity contribution is 9.11. The van der Waals surface area contributed by atoms with E-state index in [1.54, 1.807) is 6.33 Å². The Labute approximate surface area is 191 Å². The third-order valence-electron chi connectivity index (χ3n) is 4.60. The van der Waals surface area contributed by atoms with Gasteiger partial charge in [-0.25, -0.2) is 4.98 Å². The summed E-state index contributed by atoms with van der Waals surface area (Å²) >= 11 is 7.19. The van der Waals surface area contributed by atoms with Gasteiger partial charge < -0.3 is 9.30 Å². The zero-order valence-corrected chi connectivity index (χ0v) is 19.1. The van der Waals surface area contributed by atoms with Crippen LogP contribution < -0.4 is 4.74 Å². The second-order valence-corrected chi connectivity index (χ2v) is 8.44. The number of allylic oxidation sites excluding steroid dienone is 1. The van der Waals surface area contributed by atoms with Crippen LogP contribution in [0.15, 0.2) is 87.6 Å². The summed E-state index contributed by atoms with van der Waals surface area (Å²) in [6.45, 7) is 0.933. The van der Waals surface area contributed by atoms with Gasteiger partial charge in [0.05, 0.1) is 38.9 Å². The lowest BCUT2D eigenvalue weighted by atomic mass is 10.1. The molecule has 0 amide bonds. The minimum absolute atomic E-state index is 0.457. The number of aromatic nitrogens is 2. The van der Waals surface area contributed by atoms with Gasteiger partial charge in [0, 0.05) is 5.57 Å². The van der Waals surface area contributed by atoms with Gasteiger partial charge in [0.2, 0.25) is 0 Å². The smallest absolute Gasteiger partial charge is 0.148 e. The van der Waals surface area contributed by atoms with Gasteiger partial charge in [-0.3, -0.25) is 0 Å². The van der Waals surface area contributed by atoms with Crippen LogP contribution in [0.3, 0.4) is 0 Å². The fraction of sp³-hybridized carbons (Fsp3) is 0.0833. The first-order valence-corrected chi connectivity index (χ1v) is 10.9. The summed E-state index contributed by atoms with van der Waals surface area (Å²) in [4.78, 5) is 4.39. The highest BCUT2D eigenvalue weighted by Gasteiger charge is 2.10. The number of para-hydroxylation sites is 2. The van der Waals surface area contributed by atoms with E-state index in [9.17, 15) is 5.26 Å². The van der Waals surface area contributed by atoms with E-state index in [0.717, 1.165) is 36.9 Å². The summed E-state index contributed by atoms with van der Waals surface area (Å²) in [5.41, 5.74) is 4.56. The second kappa shape index (κ2) is 9.29. The molecule has 0 N–H and O–H groups in total. The van der Waals surface area contributed by atoms with Crippen LogP contribution in [-0.2, 0) is 13.2 Å². The number of benzene rings is 3. The predicted molar refractivity (Wildman–Crippen MR) is 126 cm³/mol. The lowest BCUT2D eigenvalue weighted by molar-refractivity contribution is 0.302. The average Bonchev–Trinajstić information content (AvgIpc) is 3.16. The predicted octanol–water partition coefficient (Wildman–Crippen LogP) is 6.75. The molecule has 0 fully saturated rings. The van der Waals surface area contributed by atoms with Crippen LogP contribution in [0.4, 0.5) is 0 Å². The van der Waals surface area contributed by atoms with E-state index in [-0.39, 0.29) is 0 Å². The summed E-state index contributed by atoms with van der Waals surface area (Å²) in [6.07, 6.45) is 3.65. The fourth-order valence-corrected chi connectivity index (χ4v) is 4.62. The summed E-state index contributed by atoms with van der Waals surface area (Å²) in [7, 11) is 0. The van der Waals surface area contributed by atoms with Crippen LogP contribution in [0.5, 0.6) is 5.75 Å². The topological polar surface area (TPSA) is 50.8 Å². The molecule has 0 spiro atoms. The molecule has 0 aliphatic heterocycles. The Hall–Kier alpha value is -2.88. The minimum Gasteiger partial charge on any atom is -0.487 e. The van der Waals surface area contributed by atoms with E-state index >= 15 is 0 Å². The minimum atomic E-state index is 0.457. The summed E-state index contributed by atoms with van der Waals surface area (Å²) in [5, 5.41) is 9.66. The molecule has 4 nitrogen and oxygen atoms in total. The number of ether oxygens (including phenoxy) is 1. The maximum Gasteiger partial charge on any atom is 0.148 e. The highest BCUT2D eigenvalue weighted by atomic mass is 79.9. The standard InChI is InChI=1S/C24H17Br2N3O/c25-20-11-18(12-21(26)24(20)30-15-17-6-2-1-3-7-17)10-19(13-27)14-29-16-28-22-8-4-5-9-23(22)29/h1-12,16H,14-15H2/b19-10-. The fourth-order valence-electron chi connectivity index (χ4n) is 3.16. The van der Waals surface area contributed by atoms with E-state index in [4.69, 9.17) is 4.74 Å². The van der Waals surface area contributed by atoms with Gasteiger partial charge in [0.1, 0.15) is 12.4 Å². The Kier molecular flexibility index (Phi) is 6.32. The van der Waals surface area contributed by atoms with Crippen LogP contribution in [0, 0.1) is 11.3 Å². The van der Waals surface area contributed by atoms with Crippen molar-refractivity contribution in [3.05, 3.63) is 98.7 Å². The maximum absolute atomic E-state index is 9.66. The molecule has 0 atom stereocenters. The van der Waals surface area contributed by atoms with Crippen molar-refractivity contribution >= 4 is 49.0 Å².